The van der Waals surface area contributed by atoms with Crippen molar-refractivity contribution >= 4 is 9.05 Å². The van der Waals surface area contributed by atoms with E-state index in [0.29, 0.717) is 13.2 Å². The summed E-state index contributed by atoms with van der Waals surface area (Å²) in [4.78, 5) is 10.2. The van der Waals surface area contributed by atoms with Crippen LogP contribution in [0.2, 0.25) is 0 Å². The number of hydrogen-bond donors (Lipinski definition) is 1. The van der Waals surface area contributed by atoms with Gasteiger partial charge in [-0.2, -0.15) is 0 Å². The van der Waals surface area contributed by atoms with Crippen molar-refractivity contribution in [1.29, 1.82) is 0 Å². The molecule has 5 heteroatoms. The van der Waals surface area contributed by atoms with Crippen molar-refractivity contribution in [3.8, 4) is 0 Å². The van der Waals surface area contributed by atoms with Gasteiger partial charge in [-0.3, -0.25) is 0 Å². The van der Waals surface area contributed by atoms with Gasteiger partial charge in [0.05, 0.1) is 0 Å². The zero-order chi connectivity index (χ0) is 18.8. The topological polar surface area (TPSA) is 47.9 Å². The Balaban J connectivity index is 3.49. The SMILES string of the molecule is CCCCCCCCCCCCCCC(C)O[Si](O)(OCC)OCC. The second kappa shape index (κ2) is 17.5. The van der Waals surface area contributed by atoms with Gasteiger partial charge in [-0.25, -0.2) is 0 Å². The minimum atomic E-state index is -3.42. The largest absolute Gasteiger partial charge is 0.677 e. The highest BCUT2D eigenvalue weighted by atomic mass is 28.4. The maximum absolute atomic E-state index is 10.2. The molecule has 0 aliphatic heterocycles. The molecule has 0 heterocycles. The Morgan fingerprint density at radius 2 is 1.08 bits per heavy atom. The lowest BCUT2D eigenvalue weighted by molar-refractivity contribution is -0.0260. The van der Waals surface area contributed by atoms with Crippen LogP contribution in [-0.4, -0.2) is 33.2 Å². The van der Waals surface area contributed by atoms with E-state index in [1.54, 1.807) is 0 Å². The molecule has 4 nitrogen and oxygen atoms in total. The van der Waals surface area contributed by atoms with E-state index in [1.165, 1.54) is 70.6 Å². The fraction of sp³-hybridized carbons (Fsp3) is 1.00. The maximum atomic E-state index is 10.2. The fourth-order valence-electron chi connectivity index (χ4n) is 3.06. The molecular formula is C20H44O4Si. The summed E-state index contributed by atoms with van der Waals surface area (Å²) < 4.78 is 16.3. The lowest BCUT2D eigenvalue weighted by atomic mass is 10.0. The lowest BCUT2D eigenvalue weighted by Gasteiger charge is -2.25. The highest BCUT2D eigenvalue weighted by Crippen LogP contribution is 2.16. The molecule has 25 heavy (non-hydrogen) atoms. The van der Waals surface area contributed by atoms with Gasteiger partial charge in [-0.05, 0) is 27.2 Å². The zero-order valence-electron chi connectivity index (χ0n) is 17.4. The molecular weight excluding hydrogens is 332 g/mol. The number of rotatable bonds is 19. The molecule has 0 spiro atoms. The van der Waals surface area contributed by atoms with E-state index in [-0.39, 0.29) is 6.10 Å². The summed E-state index contributed by atoms with van der Waals surface area (Å²) in [5.74, 6) is 0. The minimum Gasteiger partial charge on any atom is -0.367 e. The smallest absolute Gasteiger partial charge is 0.367 e. The molecule has 0 fully saturated rings. The summed E-state index contributed by atoms with van der Waals surface area (Å²) >= 11 is 0. The molecule has 0 rings (SSSR count). The summed E-state index contributed by atoms with van der Waals surface area (Å²) in [6.07, 6.45) is 17.1. The van der Waals surface area contributed by atoms with Crippen molar-refractivity contribution in [2.24, 2.45) is 0 Å². The fourth-order valence-corrected chi connectivity index (χ4v) is 4.64. The van der Waals surface area contributed by atoms with Gasteiger partial charge in [0.2, 0.25) is 0 Å². The van der Waals surface area contributed by atoms with Crippen LogP contribution in [0.3, 0.4) is 0 Å². The summed E-state index contributed by atoms with van der Waals surface area (Å²) in [6, 6.07) is 0. The van der Waals surface area contributed by atoms with Gasteiger partial charge in [0.25, 0.3) is 0 Å². The van der Waals surface area contributed by atoms with E-state index in [1.807, 2.05) is 20.8 Å². The van der Waals surface area contributed by atoms with Gasteiger partial charge in [0.1, 0.15) is 0 Å². The minimum absolute atomic E-state index is 0.0158. The number of unbranched alkanes of at least 4 members (excludes halogenated alkanes) is 11. The summed E-state index contributed by atoms with van der Waals surface area (Å²) in [5.41, 5.74) is 0. The summed E-state index contributed by atoms with van der Waals surface area (Å²) in [6.45, 7) is 8.77. The highest BCUT2D eigenvalue weighted by Gasteiger charge is 2.42. The van der Waals surface area contributed by atoms with Crippen molar-refractivity contribution < 1.29 is 18.1 Å². The third-order valence-corrected chi connectivity index (χ3v) is 6.47. The maximum Gasteiger partial charge on any atom is 0.677 e. The molecule has 152 valence electrons. The Morgan fingerprint density at radius 3 is 1.48 bits per heavy atom. The molecule has 0 aliphatic rings. The van der Waals surface area contributed by atoms with Crippen LogP contribution in [-0.2, 0) is 13.3 Å². The van der Waals surface area contributed by atoms with Crippen molar-refractivity contribution in [3.63, 3.8) is 0 Å². The van der Waals surface area contributed by atoms with Gasteiger partial charge in [0.15, 0.2) is 0 Å². The molecule has 0 saturated heterocycles. The van der Waals surface area contributed by atoms with Crippen LogP contribution in [0.15, 0.2) is 0 Å². The molecule has 0 aromatic carbocycles. The van der Waals surface area contributed by atoms with Gasteiger partial charge >= 0.3 is 9.05 Å². The van der Waals surface area contributed by atoms with Crippen molar-refractivity contribution in [3.05, 3.63) is 0 Å². The molecule has 0 aromatic heterocycles. The van der Waals surface area contributed by atoms with E-state index < -0.39 is 9.05 Å². The summed E-state index contributed by atoms with van der Waals surface area (Å²) in [5, 5.41) is 0. The standard InChI is InChI=1S/C20H44O4Si/c1-5-8-9-10-11-12-13-14-15-16-17-18-19-20(4)24-25(21,22-6-2)23-7-3/h20-21H,5-19H2,1-4H3. The third-order valence-electron chi connectivity index (χ3n) is 4.47. The van der Waals surface area contributed by atoms with Crippen LogP contribution in [0.1, 0.15) is 111 Å². The third kappa shape index (κ3) is 16.0. The Labute approximate surface area is 158 Å². The van der Waals surface area contributed by atoms with Gasteiger partial charge in [0, 0.05) is 19.3 Å². The van der Waals surface area contributed by atoms with Gasteiger partial charge in [-0.15, -0.1) is 0 Å². The van der Waals surface area contributed by atoms with Crippen molar-refractivity contribution in [1.82, 2.24) is 0 Å². The Morgan fingerprint density at radius 1 is 0.680 bits per heavy atom. The molecule has 0 radical (unpaired) electrons. The monoisotopic (exact) mass is 376 g/mol. The highest BCUT2D eigenvalue weighted by molar-refractivity contribution is 6.51. The van der Waals surface area contributed by atoms with Crippen LogP contribution < -0.4 is 0 Å². The molecule has 1 unspecified atom stereocenters. The molecule has 0 aromatic rings. The van der Waals surface area contributed by atoms with Gasteiger partial charge in [-0.1, -0.05) is 84.0 Å². The zero-order valence-corrected chi connectivity index (χ0v) is 18.4. The molecule has 0 saturated carbocycles. The van der Waals surface area contributed by atoms with E-state index in [4.69, 9.17) is 13.3 Å². The van der Waals surface area contributed by atoms with E-state index in [9.17, 15) is 4.80 Å². The Hall–Kier alpha value is 0.0569. The molecule has 0 aliphatic carbocycles. The second-order valence-electron chi connectivity index (χ2n) is 7.00. The Bertz CT molecular complexity index is 270. The van der Waals surface area contributed by atoms with Crippen LogP contribution >= 0.6 is 0 Å². The lowest BCUT2D eigenvalue weighted by Crippen LogP contribution is -2.48. The first-order valence-electron chi connectivity index (χ1n) is 10.8. The normalized spacial score (nSPS) is 13.3. The summed E-state index contributed by atoms with van der Waals surface area (Å²) in [7, 11) is -3.42. The van der Waals surface area contributed by atoms with E-state index >= 15 is 0 Å². The van der Waals surface area contributed by atoms with E-state index in [0.717, 1.165) is 12.8 Å². The first kappa shape index (κ1) is 25.1. The van der Waals surface area contributed by atoms with Crippen LogP contribution in [0.5, 0.6) is 0 Å². The van der Waals surface area contributed by atoms with E-state index in [2.05, 4.69) is 6.92 Å². The molecule has 1 atom stereocenters. The first-order valence-corrected chi connectivity index (χ1v) is 12.4. The first-order chi connectivity index (χ1) is 12.1. The van der Waals surface area contributed by atoms with Crippen molar-refractivity contribution in [2.45, 2.75) is 117 Å². The van der Waals surface area contributed by atoms with Crippen LogP contribution in [0, 0.1) is 0 Å². The van der Waals surface area contributed by atoms with Crippen LogP contribution in [0.4, 0.5) is 0 Å². The average molecular weight is 377 g/mol. The molecule has 0 amide bonds. The quantitative estimate of drug-likeness (QED) is 0.222. The number of hydrogen-bond acceptors (Lipinski definition) is 4. The van der Waals surface area contributed by atoms with Gasteiger partial charge < -0.3 is 18.1 Å². The average Bonchev–Trinajstić information content (AvgIpc) is 2.56. The predicted octanol–water partition coefficient (Wildman–Crippen LogP) is 5.98. The molecule has 0 bridgehead atoms. The molecule has 1 N–H and O–H groups in total. The Kier molecular flexibility index (Phi) is 17.5. The second-order valence-corrected chi connectivity index (χ2v) is 8.86. The predicted molar refractivity (Wildman–Crippen MR) is 107 cm³/mol. The van der Waals surface area contributed by atoms with Crippen LogP contribution in [0.25, 0.3) is 0 Å². The van der Waals surface area contributed by atoms with Crippen molar-refractivity contribution in [2.75, 3.05) is 13.2 Å².